The third-order valence-corrected chi connectivity index (χ3v) is 6.03. The summed E-state index contributed by atoms with van der Waals surface area (Å²) in [6.45, 7) is 5.13. The number of hydrogen-bond donors (Lipinski definition) is 1. The van der Waals surface area contributed by atoms with Gasteiger partial charge in [0.05, 0.1) is 23.5 Å². The molecule has 0 aliphatic carbocycles. The molecule has 0 spiro atoms. The zero-order chi connectivity index (χ0) is 23.4. The van der Waals surface area contributed by atoms with Gasteiger partial charge in [-0.1, -0.05) is 53.5 Å². The van der Waals surface area contributed by atoms with Crippen LogP contribution in [0.1, 0.15) is 34.8 Å². The first-order valence-corrected chi connectivity index (χ1v) is 11.4. The van der Waals surface area contributed by atoms with Gasteiger partial charge in [-0.2, -0.15) is 5.10 Å². The predicted molar refractivity (Wildman–Crippen MR) is 129 cm³/mol. The number of nitrogens with one attached hydrogen (secondary N) is 1. The molecule has 0 aliphatic heterocycles. The van der Waals surface area contributed by atoms with E-state index in [4.69, 9.17) is 27.6 Å². The molecule has 4 aromatic rings. The van der Waals surface area contributed by atoms with Crippen molar-refractivity contribution in [2.24, 2.45) is 0 Å². The Bertz CT molecular complexity index is 1260. The lowest BCUT2D eigenvalue weighted by atomic mass is 10.2. The van der Waals surface area contributed by atoms with Crippen LogP contribution < -0.4 is 5.32 Å². The smallest absolute Gasteiger partial charge is 0.220 e. The summed E-state index contributed by atoms with van der Waals surface area (Å²) < 4.78 is 7.74. The second kappa shape index (κ2) is 10.2. The van der Waals surface area contributed by atoms with Gasteiger partial charge in [0.2, 0.25) is 5.91 Å². The third-order valence-electron chi connectivity index (χ3n) is 5.48. The van der Waals surface area contributed by atoms with Gasteiger partial charge < -0.3 is 9.73 Å². The number of nitrogens with zero attached hydrogens (tertiary/aromatic N) is 3. The zero-order valence-corrected chi connectivity index (χ0v) is 20.0. The molecule has 0 aliphatic rings. The van der Waals surface area contributed by atoms with Crippen molar-refractivity contribution < 1.29 is 9.21 Å². The summed E-state index contributed by atoms with van der Waals surface area (Å²) in [5.74, 6) is 0.951. The van der Waals surface area contributed by atoms with Crippen molar-refractivity contribution in [2.45, 2.75) is 39.8 Å². The van der Waals surface area contributed by atoms with Crippen molar-refractivity contribution >= 4 is 29.1 Å². The maximum Gasteiger partial charge on any atom is 0.220 e. The highest BCUT2D eigenvalue weighted by molar-refractivity contribution is 6.36. The highest BCUT2D eigenvalue weighted by Gasteiger charge is 2.15. The monoisotopic (exact) mass is 482 g/mol. The number of hydrogen-bond acceptors (Lipinski definition) is 4. The van der Waals surface area contributed by atoms with E-state index in [1.807, 2.05) is 36.7 Å². The predicted octanol–water partition coefficient (Wildman–Crippen LogP) is 5.76. The lowest BCUT2D eigenvalue weighted by Crippen LogP contribution is -2.23. The molecule has 0 saturated heterocycles. The van der Waals surface area contributed by atoms with Gasteiger partial charge in [-0.3, -0.25) is 9.48 Å². The summed E-state index contributed by atoms with van der Waals surface area (Å²) in [7, 11) is 0. The topological polar surface area (TPSA) is 73.0 Å². The quantitative estimate of drug-likeness (QED) is 0.346. The van der Waals surface area contributed by atoms with E-state index in [9.17, 15) is 4.79 Å². The average Bonchev–Trinajstić information content (AvgIpc) is 3.36. The van der Waals surface area contributed by atoms with E-state index in [1.54, 1.807) is 24.4 Å². The lowest BCUT2D eigenvalue weighted by Gasteiger charge is -2.07. The molecule has 1 N–H and O–H groups in total. The number of benzene rings is 2. The highest BCUT2D eigenvalue weighted by Crippen LogP contribution is 2.30. The first kappa shape index (κ1) is 23.1. The summed E-state index contributed by atoms with van der Waals surface area (Å²) >= 11 is 12.2. The molecule has 4 rings (SSSR count). The van der Waals surface area contributed by atoms with Crippen molar-refractivity contribution in [3.05, 3.63) is 93.2 Å². The van der Waals surface area contributed by atoms with Gasteiger partial charge in [0.15, 0.2) is 11.7 Å². The Kier molecular flexibility index (Phi) is 7.16. The molecule has 1 amide bonds. The number of rotatable bonds is 8. The van der Waals surface area contributed by atoms with Crippen molar-refractivity contribution in [3.8, 4) is 11.3 Å². The van der Waals surface area contributed by atoms with E-state index < -0.39 is 0 Å². The molecule has 2 aromatic carbocycles. The van der Waals surface area contributed by atoms with Crippen LogP contribution >= 0.6 is 23.2 Å². The van der Waals surface area contributed by atoms with Crippen LogP contribution in [-0.4, -0.2) is 20.7 Å². The van der Waals surface area contributed by atoms with Gasteiger partial charge in [-0.15, -0.1) is 0 Å². The molecular formula is C25H24Cl2N4O2. The first-order valence-electron chi connectivity index (χ1n) is 10.6. The minimum absolute atomic E-state index is 0.0751. The number of amides is 1. The Morgan fingerprint density at radius 2 is 1.91 bits per heavy atom. The van der Waals surface area contributed by atoms with Gasteiger partial charge in [0.25, 0.3) is 0 Å². The number of oxazole rings is 1. The molecule has 0 radical (unpaired) electrons. The number of halogens is 2. The normalized spacial score (nSPS) is 11.0. The molecule has 33 heavy (non-hydrogen) atoms. The summed E-state index contributed by atoms with van der Waals surface area (Å²) in [6.07, 6.45) is 2.27. The Morgan fingerprint density at radius 1 is 1.12 bits per heavy atom. The molecule has 170 valence electrons. The van der Waals surface area contributed by atoms with Crippen molar-refractivity contribution in [1.29, 1.82) is 0 Å². The van der Waals surface area contributed by atoms with E-state index in [0.717, 1.165) is 17.0 Å². The fourth-order valence-corrected chi connectivity index (χ4v) is 4.14. The van der Waals surface area contributed by atoms with Crippen LogP contribution in [-0.2, 0) is 24.3 Å². The molecule has 8 heteroatoms. The van der Waals surface area contributed by atoms with Crippen LogP contribution in [0.2, 0.25) is 10.0 Å². The highest BCUT2D eigenvalue weighted by atomic mass is 35.5. The van der Waals surface area contributed by atoms with Crippen molar-refractivity contribution in [1.82, 2.24) is 20.1 Å². The second-order valence-electron chi connectivity index (χ2n) is 7.81. The Hall–Kier alpha value is -3.09. The summed E-state index contributed by atoms with van der Waals surface area (Å²) in [6, 6.07) is 15.4. The van der Waals surface area contributed by atoms with Gasteiger partial charge in [-0.25, -0.2) is 4.98 Å². The number of aromatic nitrogens is 3. The van der Waals surface area contributed by atoms with Gasteiger partial charge in [-0.05, 0) is 37.6 Å². The fourth-order valence-electron chi connectivity index (χ4n) is 3.64. The van der Waals surface area contributed by atoms with Crippen LogP contribution in [0.25, 0.3) is 11.3 Å². The molecule has 0 fully saturated rings. The van der Waals surface area contributed by atoms with E-state index >= 15 is 0 Å². The Labute approximate surface area is 202 Å². The fraction of sp³-hybridized carbons (Fsp3) is 0.240. The number of aryl methyl sites for hydroxylation is 2. The third kappa shape index (κ3) is 5.64. The molecule has 0 bridgehead atoms. The molecule has 0 saturated carbocycles. The minimum atomic E-state index is -0.0751. The average molecular weight is 483 g/mol. The molecule has 2 aromatic heterocycles. The van der Waals surface area contributed by atoms with E-state index in [0.29, 0.717) is 46.8 Å². The second-order valence-corrected chi connectivity index (χ2v) is 8.66. The van der Waals surface area contributed by atoms with E-state index in [1.165, 1.54) is 5.56 Å². The van der Waals surface area contributed by atoms with Crippen LogP contribution in [0.5, 0.6) is 0 Å². The van der Waals surface area contributed by atoms with Gasteiger partial charge >= 0.3 is 0 Å². The van der Waals surface area contributed by atoms with Crippen LogP contribution in [0.15, 0.2) is 59.1 Å². The largest absolute Gasteiger partial charge is 0.441 e. The molecular weight excluding hydrogens is 459 g/mol. The summed E-state index contributed by atoms with van der Waals surface area (Å²) in [5.41, 5.74) is 4.90. The number of carbonyl (C=O) groups is 1. The molecule has 2 heterocycles. The molecule has 0 atom stereocenters. The van der Waals surface area contributed by atoms with Crippen molar-refractivity contribution in [3.63, 3.8) is 0 Å². The van der Waals surface area contributed by atoms with Crippen LogP contribution in [0.3, 0.4) is 0 Å². The Balaban J connectivity index is 1.32. The van der Waals surface area contributed by atoms with Crippen LogP contribution in [0.4, 0.5) is 0 Å². The van der Waals surface area contributed by atoms with Crippen LogP contribution in [0, 0.1) is 13.8 Å². The zero-order valence-electron chi connectivity index (χ0n) is 18.4. The maximum atomic E-state index is 12.4. The van der Waals surface area contributed by atoms with Crippen molar-refractivity contribution in [2.75, 3.05) is 0 Å². The molecule has 0 unspecified atom stereocenters. The summed E-state index contributed by atoms with van der Waals surface area (Å²) in [4.78, 5) is 16.7. The van der Waals surface area contributed by atoms with Gasteiger partial charge in [0.1, 0.15) is 0 Å². The number of carbonyl (C=O) groups excluding carboxylic acids is 1. The molecule has 6 nitrogen and oxygen atoms in total. The maximum absolute atomic E-state index is 12.4. The Morgan fingerprint density at radius 3 is 2.67 bits per heavy atom. The lowest BCUT2D eigenvalue weighted by molar-refractivity contribution is -0.121. The van der Waals surface area contributed by atoms with Gasteiger partial charge in [0, 0.05) is 41.2 Å². The standard InChI is InChI=1S/C25H24Cl2N4O2/c1-16-21(17(2)31(30-16)15-18-6-4-3-5-7-18)13-28-24(32)10-11-25-29-14-23(33-25)20-9-8-19(26)12-22(20)27/h3-9,12,14H,10-11,13,15H2,1-2H3,(H,28,32). The minimum Gasteiger partial charge on any atom is -0.441 e. The summed E-state index contributed by atoms with van der Waals surface area (Å²) in [5, 5.41) is 8.67. The van der Waals surface area contributed by atoms with E-state index in [-0.39, 0.29) is 12.3 Å². The SMILES string of the molecule is Cc1nn(Cc2ccccc2)c(C)c1CNC(=O)CCc1ncc(-c2ccc(Cl)cc2Cl)o1. The first-order chi connectivity index (χ1) is 15.9. The van der Waals surface area contributed by atoms with E-state index in [2.05, 4.69) is 27.5 Å².